The van der Waals surface area contributed by atoms with E-state index >= 15 is 0 Å². The van der Waals surface area contributed by atoms with E-state index in [1.54, 1.807) is 0 Å². The number of fused-ring (bicyclic) bond motifs is 2. The van der Waals surface area contributed by atoms with Gasteiger partial charge in [0.1, 0.15) is 0 Å². The second kappa shape index (κ2) is 5.21. The highest BCUT2D eigenvalue weighted by Gasteiger charge is 2.48. The molecule has 3 heteroatoms. The molecule has 0 aromatic heterocycles. The van der Waals surface area contributed by atoms with E-state index in [-0.39, 0.29) is 17.9 Å². The van der Waals surface area contributed by atoms with E-state index in [0.717, 1.165) is 19.4 Å². The van der Waals surface area contributed by atoms with Gasteiger partial charge in [0.05, 0.1) is 13.0 Å². The first kappa shape index (κ1) is 12.6. The molecule has 17 heavy (non-hydrogen) atoms. The summed E-state index contributed by atoms with van der Waals surface area (Å²) in [6.45, 7) is 5.44. The standard InChI is InChI=1S/C14H23NO2/c1-9(2)6-7-15-13-11-5-4-10(8-11)12(13)14(16)17-3/h4-5,9-13,15H,6-8H2,1-3H3. The van der Waals surface area contributed by atoms with Gasteiger partial charge in [-0.2, -0.15) is 0 Å². The Bertz CT molecular complexity index is 311. The van der Waals surface area contributed by atoms with Crippen LogP contribution in [0.25, 0.3) is 0 Å². The summed E-state index contributed by atoms with van der Waals surface area (Å²) in [6, 6.07) is 0.288. The maximum Gasteiger partial charge on any atom is 0.310 e. The Balaban J connectivity index is 1.94. The summed E-state index contributed by atoms with van der Waals surface area (Å²) >= 11 is 0. The molecule has 4 atom stereocenters. The molecule has 0 aromatic rings. The number of carbonyl (C=O) groups excluding carboxylic acids is 1. The predicted molar refractivity (Wildman–Crippen MR) is 67.5 cm³/mol. The summed E-state index contributed by atoms with van der Waals surface area (Å²) in [4.78, 5) is 11.8. The molecule has 3 nitrogen and oxygen atoms in total. The third-order valence-corrected chi connectivity index (χ3v) is 4.03. The fraction of sp³-hybridized carbons (Fsp3) is 0.786. The molecular formula is C14H23NO2. The van der Waals surface area contributed by atoms with Crippen molar-refractivity contribution in [3.63, 3.8) is 0 Å². The van der Waals surface area contributed by atoms with Crippen molar-refractivity contribution < 1.29 is 9.53 Å². The van der Waals surface area contributed by atoms with Gasteiger partial charge in [-0.25, -0.2) is 0 Å². The van der Waals surface area contributed by atoms with Gasteiger partial charge in [-0.1, -0.05) is 26.0 Å². The monoisotopic (exact) mass is 237 g/mol. The lowest BCUT2D eigenvalue weighted by Gasteiger charge is -2.27. The lowest BCUT2D eigenvalue weighted by Crippen LogP contribution is -2.43. The quantitative estimate of drug-likeness (QED) is 0.587. The summed E-state index contributed by atoms with van der Waals surface area (Å²) in [5.74, 6) is 1.60. The number of methoxy groups -OCH3 is 1. The molecule has 96 valence electrons. The fourth-order valence-electron chi connectivity index (χ4n) is 3.10. The number of rotatable bonds is 5. The van der Waals surface area contributed by atoms with Crippen molar-refractivity contribution in [1.82, 2.24) is 5.32 Å². The maximum absolute atomic E-state index is 11.8. The number of allylic oxidation sites excluding steroid dienone is 1. The van der Waals surface area contributed by atoms with Gasteiger partial charge >= 0.3 is 5.97 Å². The molecule has 1 N–H and O–H groups in total. The van der Waals surface area contributed by atoms with Crippen molar-refractivity contribution in [2.45, 2.75) is 32.7 Å². The lowest BCUT2D eigenvalue weighted by atomic mass is 9.88. The Labute approximate surface area is 104 Å². The van der Waals surface area contributed by atoms with E-state index in [1.165, 1.54) is 7.11 Å². The minimum atomic E-state index is -0.0519. The van der Waals surface area contributed by atoms with Crippen LogP contribution in [-0.4, -0.2) is 25.7 Å². The molecule has 0 heterocycles. The van der Waals surface area contributed by atoms with E-state index in [4.69, 9.17) is 4.74 Å². The number of hydrogen-bond donors (Lipinski definition) is 1. The van der Waals surface area contributed by atoms with Gasteiger partial charge in [-0.05, 0) is 37.1 Å². The zero-order valence-corrected chi connectivity index (χ0v) is 11.0. The molecule has 0 amide bonds. The van der Waals surface area contributed by atoms with Gasteiger partial charge in [-0.15, -0.1) is 0 Å². The second-order valence-electron chi connectivity index (χ2n) is 5.66. The minimum Gasteiger partial charge on any atom is -0.469 e. The van der Waals surface area contributed by atoms with Crippen molar-refractivity contribution in [2.75, 3.05) is 13.7 Å². The lowest BCUT2D eigenvalue weighted by molar-refractivity contribution is -0.147. The Hall–Kier alpha value is -0.830. The molecule has 4 unspecified atom stereocenters. The third-order valence-electron chi connectivity index (χ3n) is 4.03. The normalized spacial score (nSPS) is 34.6. The highest BCUT2D eigenvalue weighted by molar-refractivity contribution is 5.75. The molecule has 2 aliphatic rings. The summed E-state index contributed by atoms with van der Waals surface area (Å²) in [5.41, 5.74) is 0. The summed E-state index contributed by atoms with van der Waals surface area (Å²) in [7, 11) is 1.49. The van der Waals surface area contributed by atoms with E-state index in [9.17, 15) is 4.79 Å². The average Bonchev–Trinajstić information content (AvgIpc) is 2.88. The highest BCUT2D eigenvalue weighted by Crippen LogP contribution is 2.44. The highest BCUT2D eigenvalue weighted by atomic mass is 16.5. The van der Waals surface area contributed by atoms with Crippen molar-refractivity contribution >= 4 is 5.97 Å². The number of hydrogen-bond acceptors (Lipinski definition) is 3. The van der Waals surface area contributed by atoms with Crippen LogP contribution in [0.1, 0.15) is 26.7 Å². The van der Waals surface area contributed by atoms with Gasteiger partial charge in [0.15, 0.2) is 0 Å². The SMILES string of the molecule is COC(=O)C1C2C=CC(C2)C1NCCC(C)C. The van der Waals surface area contributed by atoms with Crippen LogP contribution in [0.3, 0.4) is 0 Å². The largest absolute Gasteiger partial charge is 0.469 e. The third kappa shape index (κ3) is 2.54. The zero-order valence-electron chi connectivity index (χ0n) is 11.0. The first-order valence-electron chi connectivity index (χ1n) is 6.63. The molecule has 2 bridgehead atoms. The summed E-state index contributed by atoms with van der Waals surface area (Å²) in [5, 5.41) is 3.56. The fourth-order valence-corrected chi connectivity index (χ4v) is 3.10. The Morgan fingerprint density at radius 2 is 2.12 bits per heavy atom. The van der Waals surface area contributed by atoms with E-state index in [0.29, 0.717) is 17.8 Å². The number of ether oxygens (including phenoxy) is 1. The van der Waals surface area contributed by atoms with Crippen LogP contribution in [0.4, 0.5) is 0 Å². The van der Waals surface area contributed by atoms with Gasteiger partial charge < -0.3 is 10.1 Å². The Kier molecular flexibility index (Phi) is 3.87. The van der Waals surface area contributed by atoms with Gasteiger partial charge in [0.25, 0.3) is 0 Å². The van der Waals surface area contributed by atoms with Crippen molar-refractivity contribution in [2.24, 2.45) is 23.7 Å². The first-order chi connectivity index (χ1) is 8.13. The topological polar surface area (TPSA) is 38.3 Å². The molecule has 1 fully saturated rings. The number of nitrogens with one attached hydrogen (secondary N) is 1. The van der Waals surface area contributed by atoms with Gasteiger partial charge in [0.2, 0.25) is 0 Å². The summed E-state index contributed by atoms with van der Waals surface area (Å²) < 4.78 is 4.93. The molecule has 0 radical (unpaired) electrons. The van der Waals surface area contributed by atoms with Crippen molar-refractivity contribution in [1.29, 1.82) is 0 Å². The first-order valence-corrected chi connectivity index (χ1v) is 6.63. The van der Waals surface area contributed by atoms with Crippen molar-refractivity contribution in [3.05, 3.63) is 12.2 Å². The van der Waals surface area contributed by atoms with Gasteiger partial charge in [-0.3, -0.25) is 4.79 Å². The molecule has 0 aliphatic heterocycles. The van der Waals surface area contributed by atoms with Crippen LogP contribution in [0.5, 0.6) is 0 Å². The smallest absolute Gasteiger partial charge is 0.310 e. The molecule has 0 aromatic carbocycles. The maximum atomic E-state index is 11.8. The molecule has 2 rings (SSSR count). The molecular weight excluding hydrogens is 214 g/mol. The average molecular weight is 237 g/mol. The number of esters is 1. The van der Waals surface area contributed by atoms with Crippen LogP contribution >= 0.6 is 0 Å². The minimum absolute atomic E-state index is 0.0298. The van der Waals surface area contributed by atoms with Crippen LogP contribution in [0.2, 0.25) is 0 Å². The number of carbonyl (C=O) groups is 1. The summed E-state index contributed by atoms with van der Waals surface area (Å²) in [6.07, 6.45) is 6.72. The van der Waals surface area contributed by atoms with Crippen LogP contribution in [0.15, 0.2) is 12.2 Å². The molecule has 1 saturated carbocycles. The van der Waals surface area contributed by atoms with Gasteiger partial charge in [0, 0.05) is 6.04 Å². The van der Waals surface area contributed by atoms with E-state index in [1.807, 2.05) is 0 Å². The van der Waals surface area contributed by atoms with E-state index in [2.05, 4.69) is 31.3 Å². The molecule has 2 aliphatic carbocycles. The molecule has 0 spiro atoms. The van der Waals surface area contributed by atoms with Crippen LogP contribution in [-0.2, 0) is 9.53 Å². The zero-order chi connectivity index (χ0) is 12.4. The van der Waals surface area contributed by atoms with Crippen molar-refractivity contribution in [3.8, 4) is 0 Å². The molecule has 0 saturated heterocycles. The van der Waals surface area contributed by atoms with E-state index < -0.39 is 0 Å². The predicted octanol–water partition coefficient (Wildman–Crippen LogP) is 1.99. The Morgan fingerprint density at radius 1 is 1.41 bits per heavy atom. The van der Waals surface area contributed by atoms with Crippen LogP contribution < -0.4 is 5.32 Å². The van der Waals surface area contributed by atoms with Crippen LogP contribution in [0, 0.1) is 23.7 Å². The second-order valence-corrected chi connectivity index (χ2v) is 5.66. The Morgan fingerprint density at radius 3 is 2.76 bits per heavy atom.